The molecule has 2 aliphatic heterocycles. The third-order valence-corrected chi connectivity index (χ3v) is 9.59. The average Bonchev–Trinajstić information content (AvgIpc) is 3.93. The van der Waals surface area contributed by atoms with Gasteiger partial charge in [0, 0.05) is 5.56 Å². The minimum Gasteiger partial charge on any atom is -0.394 e. The Hall–Kier alpha value is -4.65. The molecular weight excluding hydrogens is 720 g/mol. The first-order valence-corrected chi connectivity index (χ1v) is 17.0. The lowest BCUT2D eigenvalue weighted by Gasteiger charge is -2.30. The number of anilines is 1. The number of aliphatic hydroxyl groups excluding tert-OH is 2. The van der Waals surface area contributed by atoms with Crippen LogP contribution in [0.3, 0.4) is 0 Å². The Bertz CT molecular complexity index is 2130. The Labute approximate surface area is 301 Å². The van der Waals surface area contributed by atoms with E-state index < -0.39 is 83.7 Å². The molecule has 2 fully saturated rings. The molecule has 0 saturated carbocycles. The van der Waals surface area contributed by atoms with Crippen molar-refractivity contribution >= 4 is 49.4 Å². The number of fused-ring (bicyclic) bond motifs is 2. The van der Waals surface area contributed by atoms with Crippen molar-refractivity contribution in [3.8, 4) is 6.07 Å². The van der Waals surface area contributed by atoms with Gasteiger partial charge in [0.05, 0.1) is 37.4 Å². The minimum atomic E-state index is -3.33. The van der Waals surface area contributed by atoms with Crippen molar-refractivity contribution in [2.24, 2.45) is 0 Å². The van der Waals surface area contributed by atoms with Gasteiger partial charge in [0.15, 0.2) is 53.5 Å². The first-order valence-electron chi connectivity index (χ1n) is 15.9. The van der Waals surface area contributed by atoms with E-state index in [9.17, 15) is 15.0 Å². The van der Waals surface area contributed by atoms with E-state index in [4.69, 9.17) is 28.3 Å². The van der Waals surface area contributed by atoms with Crippen molar-refractivity contribution in [2.45, 2.75) is 62.6 Å². The summed E-state index contributed by atoms with van der Waals surface area (Å²) in [6.07, 6.45) is -6.77. The zero-order valence-corrected chi connectivity index (χ0v) is 28.1. The quantitative estimate of drug-likeness (QED) is 0.0878. The van der Waals surface area contributed by atoms with E-state index in [2.05, 4.69) is 35.2 Å². The molecule has 1 aromatic carbocycles. The summed E-state index contributed by atoms with van der Waals surface area (Å²) in [6.45, 7) is 0.625. The molecule has 3 N–H and O–H groups in total. The first-order chi connectivity index (χ1) is 25.6. The van der Waals surface area contributed by atoms with Gasteiger partial charge in [-0.1, -0.05) is 18.2 Å². The third-order valence-electron chi connectivity index (χ3n) is 8.42. The molecule has 2 saturated heterocycles. The van der Waals surface area contributed by atoms with Crippen molar-refractivity contribution < 1.29 is 46.8 Å². The second-order valence-electron chi connectivity index (χ2n) is 11.7. The van der Waals surface area contributed by atoms with Gasteiger partial charge < -0.3 is 25.0 Å². The number of aryl methyl sites for hydroxylation is 1. The number of nitrogens with zero attached hydrogens (tertiary/aromatic N) is 9. The molecule has 1 amide bonds. The van der Waals surface area contributed by atoms with E-state index in [1.807, 2.05) is 6.07 Å². The Morgan fingerprint density at radius 1 is 0.981 bits per heavy atom. The summed E-state index contributed by atoms with van der Waals surface area (Å²) in [7, 11) is -4.42. The second kappa shape index (κ2) is 15.4. The number of hydrogen-bond acceptors (Lipinski definition) is 15. The molecule has 7 rings (SSSR count). The SMILES string of the molecule is [BH3-][P+](OCCC#N)(OC[C@H]1O[C@@H](n2cnc3c(NC(=O)c4ccccc4)ncnc32)[C@H](F)[C@@H]1O)O[C@H]1[C@@H](F)[C@H](n2cnc3c(C)ncnc32)O[C@@H]1CO. The number of alkyl halides is 2. The number of nitriles is 1. The Morgan fingerprint density at radius 3 is 2.36 bits per heavy atom. The maximum atomic E-state index is 16.2. The monoisotopic (exact) mass is 754 g/mol. The van der Waals surface area contributed by atoms with Crippen molar-refractivity contribution in [2.75, 3.05) is 25.1 Å². The van der Waals surface area contributed by atoms with Crippen LogP contribution in [0.2, 0.25) is 0 Å². The zero-order chi connectivity index (χ0) is 37.3. The maximum absolute atomic E-state index is 16.2. The predicted molar refractivity (Wildman–Crippen MR) is 184 cm³/mol. The fourth-order valence-corrected chi connectivity index (χ4v) is 6.96. The van der Waals surface area contributed by atoms with Gasteiger partial charge in [0.1, 0.15) is 49.7 Å². The van der Waals surface area contributed by atoms with E-state index in [-0.39, 0.29) is 30.0 Å². The lowest BCUT2D eigenvalue weighted by molar-refractivity contribution is -0.0544. The summed E-state index contributed by atoms with van der Waals surface area (Å²) < 4.78 is 64.8. The molecule has 22 heteroatoms. The highest BCUT2D eigenvalue weighted by Gasteiger charge is 2.53. The molecule has 0 bridgehead atoms. The van der Waals surface area contributed by atoms with E-state index in [0.29, 0.717) is 22.4 Å². The molecule has 278 valence electrons. The van der Waals surface area contributed by atoms with Gasteiger partial charge in [-0.2, -0.15) is 5.26 Å². The predicted octanol–water partition coefficient (Wildman–Crippen LogP) is 1.43. The summed E-state index contributed by atoms with van der Waals surface area (Å²) in [5.74, 6) is -0.345. The van der Waals surface area contributed by atoms with E-state index in [0.717, 1.165) is 0 Å². The highest BCUT2D eigenvalue weighted by atomic mass is 31.2. The topological polar surface area (TPSA) is 227 Å². The highest BCUT2D eigenvalue weighted by Crippen LogP contribution is 2.61. The van der Waals surface area contributed by atoms with Gasteiger partial charge in [-0.05, 0) is 19.1 Å². The van der Waals surface area contributed by atoms with Gasteiger partial charge in [0.25, 0.3) is 5.91 Å². The van der Waals surface area contributed by atoms with Crippen molar-refractivity contribution in [3.05, 3.63) is 66.9 Å². The van der Waals surface area contributed by atoms with Gasteiger partial charge in [0.2, 0.25) is 15.4 Å². The Balaban J connectivity index is 1.06. The fourth-order valence-electron chi connectivity index (χ4n) is 5.81. The largest absolute Gasteiger partial charge is 0.394 e. The number of aromatic nitrogens is 8. The van der Waals surface area contributed by atoms with Crippen LogP contribution in [0, 0.1) is 18.3 Å². The molecule has 0 aliphatic carbocycles. The Kier molecular flexibility index (Phi) is 10.6. The van der Waals surface area contributed by atoms with Crippen LogP contribution < -0.4 is 5.32 Å². The maximum Gasteiger partial charge on any atom is 0.256 e. The molecule has 9 atom stereocenters. The molecule has 4 aromatic heterocycles. The summed E-state index contributed by atoms with van der Waals surface area (Å²) in [6, 6.07) is 10.4. The van der Waals surface area contributed by atoms with Crippen LogP contribution in [-0.2, 0) is 23.0 Å². The number of hydrogen-bond donors (Lipinski definition) is 3. The number of rotatable bonds is 13. The standard InChI is InChI=1S/C31H34BF2N10O8P/c1-16-22-27(38-12-36-16)43(14-40-22)31-21(34)25(18(10-45)50-31)52-53(32,48-9-5-8-35)49-11-19-24(46)20(33)30(51-19)44-15-41-23-26(37-13-39-28(23)44)42-29(47)17-6-3-2-4-7-17/h2-4,6-7,12-15,18-21,24-25,30-31,45-46H,5,9-11H2,1,32H3,(H,37,39,42,47)/t18-,19-,20-,21-,24-,25-,30-,31-,53?/m1/s1. The molecule has 6 heterocycles. The fraction of sp³-hybridized carbons (Fsp3) is 0.419. The number of ether oxygens (including phenoxy) is 2. The van der Waals surface area contributed by atoms with Crippen molar-refractivity contribution in [3.63, 3.8) is 0 Å². The van der Waals surface area contributed by atoms with Crippen LogP contribution in [0.5, 0.6) is 0 Å². The molecule has 1 unspecified atom stereocenters. The number of nitrogens with one attached hydrogen (secondary N) is 1. The minimum absolute atomic E-state index is 0.0203. The van der Waals surface area contributed by atoms with Crippen LogP contribution in [0.25, 0.3) is 22.3 Å². The van der Waals surface area contributed by atoms with E-state index >= 15 is 8.78 Å². The van der Waals surface area contributed by atoms with E-state index in [1.54, 1.807) is 37.3 Å². The Morgan fingerprint density at radius 2 is 1.64 bits per heavy atom. The third kappa shape index (κ3) is 7.20. The summed E-state index contributed by atoms with van der Waals surface area (Å²) in [5.41, 5.74) is 2.06. The second-order valence-corrected chi connectivity index (χ2v) is 12.8. The zero-order valence-electron chi connectivity index (χ0n) is 27.2. The number of benzene rings is 1. The highest BCUT2D eigenvalue weighted by molar-refractivity contribution is 7.85. The normalized spacial score (nSPS) is 26.9. The average molecular weight is 754 g/mol. The van der Waals surface area contributed by atoms with Gasteiger partial charge in [-0.15, -0.1) is 0 Å². The van der Waals surface area contributed by atoms with Gasteiger partial charge in [-0.25, -0.2) is 52.3 Å². The first kappa shape index (κ1) is 36.7. The molecule has 18 nitrogen and oxygen atoms in total. The van der Waals surface area contributed by atoms with Crippen molar-refractivity contribution in [1.29, 1.82) is 5.26 Å². The molecular formula is C31H34BF2N10O8P. The summed E-state index contributed by atoms with van der Waals surface area (Å²) in [5, 5.41) is 32.9. The van der Waals surface area contributed by atoms with Crippen LogP contribution in [0.15, 0.2) is 55.6 Å². The van der Waals surface area contributed by atoms with Gasteiger partial charge >= 0.3 is 0 Å². The number of halogens is 2. The lowest BCUT2D eigenvalue weighted by Crippen LogP contribution is -2.36. The number of imidazole rings is 2. The van der Waals surface area contributed by atoms with Crippen LogP contribution in [-0.4, -0.2) is 119 Å². The number of aliphatic hydroxyl groups is 2. The summed E-state index contributed by atoms with van der Waals surface area (Å²) in [4.78, 5) is 38.0. The molecule has 53 heavy (non-hydrogen) atoms. The molecule has 2 aliphatic rings. The molecule has 0 spiro atoms. The van der Waals surface area contributed by atoms with Gasteiger partial charge in [-0.3, -0.25) is 13.9 Å². The number of carbonyl (C=O) groups is 1. The van der Waals surface area contributed by atoms with Crippen LogP contribution >= 0.6 is 7.82 Å². The van der Waals surface area contributed by atoms with E-state index in [1.165, 1.54) is 34.4 Å². The lowest BCUT2D eigenvalue weighted by atomic mass is 10.1. The van der Waals surface area contributed by atoms with Crippen LogP contribution in [0.1, 0.15) is 34.9 Å². The smallest absolute Gasteiger partial charge is 0.256 e. The molecule has 5 aromatic rings. The number of carbonyl (C=O) groups excluding carboxylic acids is 1. The van der Waals surface area contributed by atoms with Crippen molar-refractivity contribution in [1.82, 2.24) is 39.0 Å². The molecule has 0 radical (unpaired) electrons. The summed E-state index contributed by atoms with van der Waals surface area (Å²) >= 11 is 0. The number of amides is 1. The van der Waals surface area contributed by atoms with Crippen LogP contribution in [0.4, 0.5) is 14.6 Å².